The maximum absolute atomic E-state index is 6.19. The van der Waals surface area contributed by atoms with Crippen LogP contribution in [0.1, 0.15) is 40.5 Å². The summed E-state index contributed by atoms with van der Waals surface area (Å²) in [4.78, 5) is 0. The fourth-order valence-corrected chi connectivity index (χ4v) is 12.4. The van der Waals surface area contributed by atoms with E-state index in [0.717, 1.165) is 46.7 Å². The first-order chi connectivity index (χ1) is 33.3. The molecule has 0 N–H and O–H groups in total. The predicted molar refractivity (Wildman–Crippen MR) is 308 cm³/mol. The van der Waals surface area contributed by atoms with E-state index in [9.17, 15) is 0 Å². The van der Waals surface area contributed by atoms with E-state index in [4.69, 9.17) is 14.0 Å². The third-order valence-electron chi connectivity index (χ3n) is 12.8. The number of benzene rings is 8. The van der Waals surface area contributed by atoms with Crippen molar-refractivity contribution in [2.45, 2.75) is 51.7 Å². The molecule has 2 aromatic heterocycles. The molecule has 2 fully saturated rings. The Bertz CT molecular complexity index is 3200. The number of hydrogen-bond acceptors (Lipinski definition) is 3. The normalized spacial score (nSPS) is 14.8. The van der Waals surface area contributed by atoms with E-state index in [2.05, 4.69) is 280 Å². The summed E-state index contributed by atoms with van der Waals surface area (Å²) in [5.74, 6) is 0. The Hall–Kier alpha value is -4.30. The van der Waals surface area contributed by atoms with E-state index >= 15 is 0 Å². The van der Waals surface area contributed by atoms with Crippen LogP contribution in [0.4, 0.5) is 0 Å². The van der Waals surface area contributed by atoms with E-state index < -0.39 is 0 Å². The Morgan fingerprint density at radius 1 is 0.391 bits per heavy atom. The maximum Gasteiger partial charge on any atom is 0.494 e. The van der Waals surface area contributed by atoms with Crippen LogP contribution >= 0.6 is 79.6 Å². The van der Waals surface area contributed by atoms with Gasteiger partial charge in [0.2, 0.25) is 0 Å². The average molecular weight is 1230 g/mol. The van der Waals surface area contributed by atoms with Gasteiger partial charge in [-0.2, -0.15) is 0 Å². The van der Waals surface area contributed by atoms with Gasteiger partial charge >= 0.3 is 7.12 Å². The summed E-state index contributed by atoms with van der Waals surface area (Å²) in [6.07, 6.45) is 2.56. The molecule has 0 radical (unpaired) electrons. The van der Waals surface area contributed by atoms with Crippen LogP contribution in [0.5, 0.6) is 0 Å². The number of para-hydroxylation sites is 4. The van der Waals surface area contributed by atoms with Crippen molar-refractivity contribution >= 4 is 136 Å². The summed E-state index contributed by atoms with van der Waals surface area (Å²) in [7, 11) is -0.336. The van der Waals surface area contributed by atoms with Gasteiger partial charge in [0.25, 0.3) is 0 Å². The van der Waals surface area contributed by atoms with Gasteiger partial charge in [-0.05, 0) is 142 Å². The summed E-state index contributed by atoms with van der Waals surface area (Å²) in [5.41, 5.74) is 9.97. The Labute approximate surface area is 447 Å². The van der Waals surface area contributed by atoms with Crippen LogP contribution in [0.2, 0.25) is 0 Å². The highest BCUT2D eigenvalue weighted by atomic mass is 79.9. The van der Waals surface area contributed by atoms with E-state index in [1.54, 1.807) is 0 Å². The zero-order valence-electron chi connectivity index (χ0n) is 38.7. The third kappa shape index (κ3) is 11.1. The van der Waals surface area contributed by atoms with Crippen LogP contribution in [-0.2, 0) is 14.0 Å². The number of ether oxygens (including phenoxy) is 1. The van der Waals surface area contributed by atoms with Crippen molar-refractivity contribution in [1.29, 1.82) is 0 Å². The first-order valence-corrected chi connectivity index (χ1v) is 26.9. The topological polar surface area (TPSA) is 37.5 Å². The Kier molecular flexibility index (Phi) is 15.5. The molecular weight excluding hydrogens is 1180 g/mol. The third-order valence-corrected chi connectivity index (χ3v) is 15.1. The van der Waals surface area contributed by atoms with E-state index in [-0.39, 0.29) is 18.3 Å². The van der Waals surface area contributed by atoms with Crippen molar-refractivity contribution in [3.63, 3.8) is 0 Å². The van der Waals surface area contributed by atoms with Gasteiger partial charge in [0.05, 0.1) is 33.3 Å². The quantitative estimate of drug-likeness (QED) is 0.165. The minimum atomic E-state index is -0.336. The van der Waals surface area contributed by atoms with E-state index in [1.807, 2.05) is 18.2 Å². The molecule has 10 aromatic rings. The lowest BCUT2D eigenvalue weighted by Gasteiger charge is -2.32. The summed E-state index contributed by atoms with van der Waals surface area (Å²) in [6, 6.07) is 63.9. The molecule has 0 spiro atoms. The molecule has 0 amide bonds. The zero-order valence-corrected chi connectivity index (χ0v) is 46.7. The van der Waals surface area contributed by atoms with Crippen molar-refractivity contribution < 1.29 is 14.0 Å². The lowest BCUT2D eigenvalue weighted by molar-refractivity contribution is 0.00578. The molecule has 0 unspecified atom stereocenters. The second-order valence-electron chi connectivity index (χ2n) is 18.0. The van der Waals surface area contributed by atoms with E-state index in [0.29, 0.717) is 0 Å². The number of aromatic nitrogens is 2. The Morgan fingerprint density at radius 3 is 1.04 bits per heavy atom. The highest BCUT2D eigenvalue weighted by Crippen LogP contribution is 2.38. The summed E-state index contributed by atoms with van der Waals surface area (Å²) in [6.45, 7) is 10.3. The van der Waals surface area contributed by atoms with Crippen LogP contribution in [0, 0.1) is 0 Å². The molecule has 12 rings (SSSR count). The Morgan fingerprint density at radius 2 is 0.710 bits per heavy atom. The predicted octanol–water partition coefficient (Wildman–Crippen LogP) is 17.8. The first kappa shape index (κ1) is 49.7. The van der Waals surface area contributed by atoms with Crippen molar-refractivity contribution in [2.24, 2.45) is 0 Å². The fraction of sp³-hybridized carbons (Fsp3) is 0.172. The largest absolute Gasteiger partial charge is 0.494 e. The minimum Gasteiger partial charge on any atom is -0.399 e. The molecule has 4 heterocycles. The lowest BCUT2D eigenvalue weighted by atomic mass is 9.79. The average Bonchev–Trinajstić information content (AvgIpc) is 4.13. The van der Waals surface area contributed by atoms with Gasteiger partial charge in [-0.3, -0.25) is 0 Å². The van der Waals surface area contributed by atoms with Gasteiger partial charge in [-0.15, -0.1) is 0 Å². The summed E-state index contributed by atoms with van der Waals surface area (Å²) >= 11 is 17.2. The standard InChI is InChI=1S/C24H24BNO2.C24H15Br2N.C6H3Br3.C4H8O/c1-23(2)24(3,4)28-25(27-23)17-13-15-18(16-14-17)26-21-11-7-5-9-19(21)20-10-6-8-12-22(20)26;25-18-13-17(14-19(26)15-18)16-9-11-20(12-10-16)27-23-7-3-1-5-21(23)22-6-2-4-8-24(22)27;7-4-1-5(8)3-6(9)2-4;1-2-4-5-3-1/h5-16H,1-4H3;1-15H;1-3H;1-4H2. The molecule has 0 bridgehead atoms. The molecule has 5 nitrogen and oxygen atoms in total. The van der Waals surface area contributed by atoms with Gasteiger partial charge in [0, 0.05) is 68.5 Å². The number of hydrogen-bond donors (Lipinski definition) is 0. The molecule has 348 valence electrons. The number of nitrogens with zero attached hydrogens (tertiary/aromatic N) is 2. The van der Waals surface area contributed by atoms with Crippen LogP contribution in [0.15, 0.2) is 204 Å². The molecule has 69 heavy (non-hydrogen) atoms. The van der Waals surface area contributed by atoms with Crippen molar-refractivity contribution in [3.8, 4) is 22.5 Å². The van der Waals surface area contributed by atoms with Crippen LogP contribution in [-0.4, -0.2) is 40.7 Å². The van der Waals surface area contributed by atoms with Crippen LogP contribution in [0.25, 0.3) is 66.1 Å². The van der Waals surface area contributed by atoms with Gasteiger partial charge in [0.1, 0.15) is 0 Å². The van der Waals surface area contributed by atoms with Crippen molar-refractivity contribution in [3.05, 3.63) is 204 Å². The maximum atomic E-state index is 6.19. The molecule has 2 aliphatic rings. The molecule has 8 aromatic carbocycles. The number of fused-ring (bicyclic) bond motifs is 6. The van der Waals surface area contributed by atoms with Crippen molar-refractivity contribution in [2.75, 3.05) is 13.2 Å². The first-order valence-electron chi connectivity index (χ1n) is 22.9. The zero-order chi connectivity index (χ0) is 48.3. The SMILES string of the molecule is Brc1cc(Br)cc(-c2ccc(-n3c4ccccc4c4ccccc43)cc2)c1.Brc1cc(Br)cc(Br)c1.C1CCOC1.CC1(C)OB(c2ccc(-n3c4ccccc4c4ccccc43)cc2)OC1(C)C. The highest BCUT2D eigenvalue weighted by Gasteiger charge is 2.51. The molecule has 2 aliphatic heterocycles. The van der Waals surface area contributed by atoms with Crippen LogP contribution < -0.4 is 5.46 Å². The van der Waals surface area contributed by atoms with E-state index in [1.165, 1.54) is 73.3 Å². The van der Waals surface area contributed by atoms with Crippen LogP contribution in [0.3, 0.4) is 0 Å². The smallest absolute Gasteiger partial charge is 0.399 e. The van der Waals surface area contributed by atoms with Gasteiger partial charge in [0.15, 0.2) is 0 Å². The molecule has 0 atom stereocenters. The molecule has 0 saturated carbocycles. The van der Waals surface area contributed by atoms with Gasteiger partial charge < -0.3 is 23.2 Å². The monoisotopic (exact) mass is 1230 g/mol. The molecule has 2 saturated heterocycles. The minimum absolute atomic E-state index is 0.330. The molecular formula is C58H50BBr5N2O3. The molecule has 11 heteroatoms. The fourth-order valence-electron chi connectivity index (χ4n) is 8.72. The summed E-state index contributed by atoms with van der Waals surface area (Å²) < 4.78 is 27.3. The highest BCUT2D eigenvalue weighted by molar-refractivity contribution is 9.11. The Balaban J connectivity index is 0.000000134. The second-order valence-corrected chi connectivity index (χ2v) is 22.6. The van der Waals surface area contributed by atoms with Gasteiger partial charge in [-0.1, -0.05) is 177 Å². The second kappa shape index (κ2) is 21.6. The summed E-state index contributed by atoms with van der Waals surface area (Å²) in [5, 5.41) is 5.11. The lowest BCUT2D eigenvalue weighted by Crippen LogP contribution is -2.41. The van der Waals surface area contributed by atoms with Crippen molar-refractivity contribution in [1.82, 2.24) is 9.13 Å². The number of halogens is 5. The van der Waals surface area contributed by atoms with Gasteiger partial charge in [-0.25, -0.2) is 0 Å². The number of rotatable bonds is 4. The molecule has 0 aliphatic carbocycles.